The molecule has 0 heterocycles. The number of hydrogen-bond donors (Lipinski definition) is 1. The Kier molecular flexibility index (Phi) is 8.62. The molecule has 0 saturated heterocycles. The highest BCUT2D eigenvalue weighted by Crippen LogP contribution is 2.15. The van der Waals surface area contributed by atoms with Crippen molar-refractivity contribution in [1.29, 1.82) is 0 Å². The molecule has 0 spiro atoms. The number of ether oxygens (including phenoxy) is 2. The fraction of sp³-hybridized carbons (Fsp3) is 0.455. The molecule has 4 heteroatoms. The Morgan fingerprint density at radius 2 is 1.69 bits per heavy atom. The van der Waals surface area contributed by atoms with Crippen LogP contribution in [0.4, 0.5) is 0 Å². The van der Waals surface area contributed by atoms with Gasteiger partial charge in [0.25, 0.3) is 0 Å². The lowest BCUT2D eigenvalue weighted by atomic mass is 10.1. The van der Waals surface area contributed by atoms with Crippen molar-refractivity contribution in [3.63, 3.8) is 0 Å². The molecule has 1 N–H and O–H groups in total. The average Bonchev–Trinajstić information content (AvgIpc) is 2.62. The van der Waals surface area contributed by atoms with Crippen LogP contribution < -0.4 is 4.74 Å². The predicted octanol–water partition coefficient (Wildman–Crippen LogP) is 3.73. The minimum Gasteiger partial charge on any atom is -0.497 e. The van der Waals surface area contributed by atoms with E-state index in [0.29, 0.717) is 25.7 Å². The zero-order chi connectivity index (χ0) is 18.8. The first-order valence-corrected chi connectivity index (χ1v) is 9.22. The molecule has 2 aromatic carbocycles. The summed E-state index contributed by atoms with van der Waals surface area (Å²) in [5.74, 6) is 1.39. The van der Waals surface area contributed by atoms with Crippen LogP contribution in [0, 0.1) is 5.92 Å². The summed E-state index contributed by atoms with van der Waals surface area (Å²) >= 11 is 0. The molecule has 0 aliphatic carbocycles. The third-order valence-corrected chi connectivity index (χ3v) is 4.05. The second kappa shape index (κ2) is 11.0. The number of methoxy groups -OCH3 is 1. The van der Waals surface area contributed by atoms with E-state index in [4.69, 9.17) is 9.47 Å². The lowest BCUT2D eigenvalue weighted by Gasteiger charge is -2.27. The first-order chi connectivity index (χ1) is 12.6. The first-order valence-electron chi connectivity index (χ1n) is 9.22. The lowest BCUT2D eigenvalue weighted by Crippen LogP contribution is -2.36. The molecule has 1 unspecified atom stereocenters. The molecule has 0 bridgehead atoms. The summed E-state index contributed by atoms with van der Waals surface area (Å²) in [6.07, 6.45) is -0.511. The Bertz CT molecular complexity index is 630. The van der Waals surface area contributed by atoms with Gasteiger partial charge in [-0.05, 0) is 29.2 Å². The van der Waals surface area contributed by atoms with Crippen molar-refractivity contribution >= 4 is 0 Å². The molecule has 0 aliphatic rings. The summed E-state index contributed by atoms with van der Waals surface area (Å²) in [5, 5.41) is 10.4. The van der Waals surface area contributed by atoms with Crippen LogP contribution in [0.3, 0.4) is 0 Å². The average molecular weight is 357 g/mol. The third-order valence-electron chi connectivity index (χ3n) is 4.05. The second-order valence-corrected chi connectivity index (χ2v) is 7.09. The molecule has 0 saturated carbocycles. The largest absolute Gasteiger partial charge is 0.497 e. The Morgan fingerprint density at radius 3 is 2.38 bits per heavy atom. The monoisotopic (exact) mass is 357 g/mol. The number of benzene rings is 2. The van der Waals surface area contributed by atoms with E-state index >= 15 is 0 Å². The fourth-order valence-corrected chi connectivity index (χ4v) is 2.99. The molecule has 0 fully saturated rings. The zero-order valence-corrected chi connectivity index (χ0v) is 16.1. The van der Waals surface area contributed by atoms with Crippen molar-refractivity contribution in [2.24, 2.45) is 5.92 Å². The first kappa shape index (κ1) is 20.4. The quantitative estimate of drug-likeness (QED) is 0.665. The highest BCUT2D eigenvalue weighted by molar-refractivity contribution is 5.28. The van der Waals surface area contributed by atoms with E-state index in [1.54, 1.807) is 7.11 Å². The molecule has 4 nitrogen and oxygen atoms in total. The summed E-state index contributed by atoms with van der Waals surface area (Å²) in [6, 6.07) is 18.1. The maximum atomic E-state index is 10.4. The Hall–Kier alpha value is -1.88. The van der Waals surface area contributed by atoms with E-state index in [1.165, 1.54) is 5.56 Å². The second-order valence-electron chi connectivity index (χ2n) is 7.09. The van der Waals surface area contributed by atoms with Gasteiger partial charge in [-0.15, -0.1) is 0 Å². The van der Waals surface area contributed by atoms with Crippen molar-refractivity contribution in [3.8, 4) is 5.75 Å². The van der Waals surface area contributed by atoms with Crippen molar-refractivity contribution in [1.82, 2.24) is 4.90 Å². The molecule has 26 heavy (non-hydrogen) atoms. The zero-order valence-electron chi connectivity index (χ0n) is 16.1. The smallest absolute Gasteiger partial charge is 0.119 e. The van der Waals surface area contributed by atoms with Gasteiger partial charge in [-0.3, -0.25) is 4.90 Å². The molecule has 0 amide bonds. The predicted molar refractivity (Wildman–Crippen MR) is 105 cm³/mol. The van der Waals surface area contributed by atoms with Gasteiger partial charge in [-0.1, -0.05) is 56.3 Å². The molecule has 0 aliphatic heterocycles. The Balaban J connectivity index is 1.85. The van der Waals surface area contributed by atoms with Crippen molar-refractivity contribution in [2.45, 2.75) is 33.1 Å². The van der Waals surface area contributed by atoms with E-state index in [2.05, 4.69) is 24.8 Å². The van der Waals surface area contributed by atoms with Gasteiger partial charge in [-0.2, -0.15) is 0 Å². The highest BCUT2D eigenvalue weighted by atomic mass is 16.5. The van der Waals surface area contributed by atoms with Crippen LogP contribution in [-0.4, -0.2) is 42.9 Å². The molecule has 0 radical (unpaired) electrons. The molecule has 0 aromatic heterocycles. The topological polar surface area (TPSA) is 41.9 Å². The van der Waals surface area contributed by atoms with Crippen molar-refractivity contribution in [2.75, 3.05) is 26.8 Å². The maximum Gasteiger partial charge on any atom is 0.119 e. The molecular formula is C22H31NO3. The lowest BCUT2D eigenvalue weighted by molar-refractivity contribution is 0.00678. The summed E-state index contributed by atoms with van der Waals surface area (Å²) < 4.78 is 11.0. The van der Waals surface area contributed by atoms with Crippen LogP contribution in [0.5, 0.6) is 5.75 Å². The van der Waals surface area contributed by atoms with E-state index in [1.807, 2.05) is 48.5 Å². The van der Waals surface area contributed by atoms with E-state index in [-0.39, 0.29) is 0 Å². The summed E-state index contributed by atoms with van der Waals surface area (Å²) in [5.41, 5.74) is 2.30. The van der Waals surface area contributed by atoms with Gasteiger partial charge >= 0.3 is 0 Å². The van der Waals surface area contributed by atoms with Gasteiger partial charge in [0, 0.05) is 19.6 Å². The Labute approximate surface area is 157 Å². The SMILES string of the molecule is COc1cccc(CN(CC(C)C)CC(O)COCc2ccccc2)c1. The van der Waals surface area contributed by atoms with E-state index in [0.717, 1.165) is 24.4 Å². The molecule has 2 rings (SSSR count). The van der Waals surface area contributed by atoms with E-state index in [9.17, 15) is 5.11 Å². The van der Waals surface area contributed by atoms with Gasteiger partial charge in [0.05, 0.1) is 26.4 Å². The van der Waals surface area contributed by atoms with Crippen LogP contribution in [0.25, 0.3) is 0 Å². The molecule has 2 aromatic rings. The van der Waals surface area contributed by atoms with Crippen LogP contribution in [0.15, 0.2) is 54.6 Å². The highest BCUT2D eigenvalue weighted by Gasteiger charge is 2.14. The van der Waals surface area contributed by atoms with Gasteiger partial charge < -0.3 is 14.6 Å². The minimum absolute atomic E-state index is 0.335. The van der Waals surface area contributed by atoms with Crippen molar-refractivity contribution in [3.05, 3.63) is 65.7 Å². The van der Waals surface area contributed by atoms with Crippen LogP contribution >= 0.6 is 0 Å². The number of aliphatic hydroxyl groups excluding tert-OH is 1. The number of nitrogens with zero attached hydrogens (tertiary/aromatic N) is 1. The summed E-state index contributed by atoms with van der Waals surface area (Å²) in [4.78, 5) is 2.27. The van der Waals surface area contributed by atoms with E-state index < -0.39 is 6.10 Å². The van der Waals surface area contributed by atoms with Gasteiger partial charge in [-0.25, -0.2) is 0 Å². The summed E-state index contributed by atoms with van der Waals surface area (Å²) in [7, 11) is 1.68. The van der Waals surface area contributed by atoms with Crippen molar-refractivity contribution < 1.29 is 14.6 Å². The number of hydrogen-bond acceptors (Lipinski definition) is 4. The Morgan fingerprint density at radius 1 is 0.962 bits per heavy atom. The number of rotatable bonds is 11. The standard InChI is InChI=1S/C22H31NO3/c1-18(2)13-23(14-20-10-7-11-22(12-20)25-3)15-21(24)17-26-16-19-8-5-4-6-9-19/h4-12,18,21,24H,13-17H2,1-3H3. The number of aliphatic hydroxyl groups is 1. The maximum absolute atomic E-state index is 10.4. The minimum atomic E-state index is -0.511. The van der Waals surface area contributed by atoms with Crippen LogP contribution in [0.1, 0.15) is 25.0 Å². The molecule has 1 atom stereocenters. The molecular weight excluding hydrogens is 326 g/mol. The van der Waals surface area contributed by atoms with Crippen LogP contribution in [-0.2, 0) is 17.9 Å². The normalized spacial score (nSPS) is 12.5. The van der Waals surface area contributed by atoms with Gasteiger partial charge in [0.15, 0.2) is 0 Å². The van der Waals surface area contributed by atoms with Crippen LogP contribution in [0.2, 0.25) is 0 Å². The van der Waals surface area contributed by atoms with Gasteiger partial charge in [0.1, 0.15) is 5.75 Å². The fourth-order valence-electron chi connectivity index (χ4n) is 2.99. The third kappa shape index (κ3) is 7.56. The molecule has 142 valence electrons. The van der Waals surface area contributed by atoms with Gasteiger partial charge in [0.2, 0.25) is 0 Å². The summed E-state index contributed by atoms with van der Waals surface area (Å²) in [6.45, 7) is 7.54.